The van der Waals surface area contributed by atoms with E-state index in [0.29, 0.717) is 19.0 Å². The van der Waals surface area contributed by atoms with Crippen molar-refractivity contribution in [2.75, 3.05) is 6.54 Å². The van der Waals surface area contributed by atoms with E-state index in [1.807, 2.05) is 10.9 Å². The van der Waals surface area contributed by atoms with Crippen LogP contribution in [0.25, 0.3) is 0 Å². The number of rotatable bonds is 2. The van der Waals surface area contributed by atoms with Gasteiger partial charge in [-0.15, -0.1) is 5.10 Å². The van der Waals surface area contributed by atoms with E-state index in [1.54, 1.807) is 0 Å². The van der Waals surface area contributed by atoms with Crippen LogP contribution >= 0.6 is 0 Å². The van der Waals surface area contributed by atoms with Gasteiger partial charge in [0.05, 0.1) is 5.69 Å². The SMILES string of the molecule is CC(C)n1cc(C2CNC(=O)C2)nn1. The predicted octanol–water partition coefficient (Wildman–Crippen LogP) is 0.462. The smallest absolute Gasteiger partial charge is 0.220 e. The van der Waals surface area contributed by atoms with Gasteiger partial charge in [0.15, 0.2) is 0 Å². The molecular formula is C9H14N4O. The summed E-state index contributed by atoms with van der Waals surface area (Å²) in [5.74, 6) is 0.309. The highest BCUT2D eigenvalue weighted by Crippen LogP contribution is 2.20. The summed E-state index contributed by atoms with van der Waals surface area (Å²) in [5, 5.41) is 10.9. The molecule has 1 atom stereocenters. The number of amides is 1. The summed E-state index contributed by atoms with van der Waals surface area (Å²) in [4.78, 5) is 11.0. The summed E-state index contributed by atoms with van der Waals surface area (Å²) in [5.41, 5.74) is 0.914. The van der Waals surface area contributed by atoms with E-state index in [9.17, 15) is 4.79 Å². The Morgan fingerprint density at radius 1 is 1.64 bits per heavy atom. The van der Waals surface area contributed by atoms with Crippen LogP contribution in [-0.4, -0.2) is 27.4 Å². The minimum Gasteiger partial charge on any atom is -0.355 e. The molecule has 0 aromatic carbocycles. The highest BCUT2D eigenvalue weighted by Gasteiger charge is 2.25. The highest BCUT2D eigenvalue weighted by molar-refractivity contribution is 5.79. The van der Waals surface area contributed by atoms with E-state index in [4.69, 9.17) is 0 Å². The van der Waals surface area contributed by atoms with E-state index in [2.05, 4.69) is 29.5 Å². The van der Waals surface area contributed by atoms with Crippen molar-refractivity contribution in [3.05, 3.63) is 11.9 Å². The van der Waals surface area contributed by atoms with Gasteiger partial charge in [0.1, 0.15) is 0 Å². The summed E-state index contributed by atoms with van der Waals surface area (Å²) >= 11 is 0. The van der Waals surface area contributed by atoms with Crippen molar-refractivity contribution in [2.45, 2.75) is 32.2 Å². The second-order valence-corrected chi connectivity index (χ2v) is 3.92. The molecule has 2 heterocycles. The first kappa shape index (κ1) is 9.18. The molecule has 1 N–H and O–H groups in total. The van der Waals surface area contributed by atoms with Crippen LogP contribution in [0.5, 0.6) is 0 Å². The van der Waals surface area contributed by atoms with Crippen molar-refractivity contribution < 1.29 is 4.79 Å². The summed E-state index contributed by atoms with van der Waals surface area (Å²) in [7, 11) is 0. The lowest BCUT2D eigenvalue weighted by Crippen LogP contribution is -2.13. The fourth-order valence-electron chi connectivity index (χ4n) is 1.54. The zero-order valence-corrected chi connectivity index (χ0v) is 8.40. The van der Waals surface area contributed by atoms with Gasteiger partial charge in [0, 0.05) is 31.1 Å². The molecule has 0 radical (unpaired) electrons. The van der Waals surface area contributed by atoms with Crippen LogP contribution in [0.2, 0.25) is 0 Å². The van der Waals surface area contributed by atoms with E-state index in [0.717, 1.165) is 5.69 Å². The third kappa shape index (κ3) is 1.62. The summed E-state index contributed by atoms with van der Waals surface area (Å²) in [6.45, 7) is 4.79. The van der Waals surface area contributed by atoms with Crippen molar-refractivity contribution in [3.8, 4) is 0 Å². The number of carbonyl (C=O) groups excluding carboxylic acids is 1. The molecule has 14 heavy (non-hydrogen) atoms. The van der Waals surface area contributed by atoms with Gasteiger partial charge in [0.25, 0.3) is 0 Å². The van der Waals surface area contributed by atoms with Crippen LogP contribution in [0.4, 0.5) is 0 Å². The standard InChI is InChI=1S/C9H14N4O/c1-6(2)13-5-8(11-12-13)7-3-9(14)10-4-7/h5-7H,3-4H2,1-2H3,(H,10,14). The molecule has 1 aromatic rings. The first-order chi connectivity index (χ1) is 6.66. The minimum absolute atomic E-state index is 0.106. The van der Waals surface area contributed by atoms with Crippen LogP contribution < -0.4 is 5.32 Å². The van der Waals surface area contributed by atoms with Crippen LogP contribution in [0.15, 0.2) is 6.20 Å². The number of hydrogen-bond acceptors (Lipinski definition) is 3. The largest absolute Gasteiger partial charge is 0.355 e. The molecule has 76 valence electrons. The van der Waals surface area contributed by atoms with Gasteiger partial charge in [-0.1, -0.05) is 5.21 Å². The first-order valence-electron chi connectivity index (χ1n) is 4.85. The Kier molecular flexibility index (Phi) is 2.23. The van der Waals surface area contributed by atoms with Gasteiger partial charge in [0.2, 0.25) is 5.91 Å². The minimum atomic E-state index is 0.106. The van der Waals surface area contributed by atoms with Gasteiger partial charge in [-0.25, -0.2) is 4.68 Å². The maximum absolute atomic E-state index is 11.0. The molecule has 0 bridgehead atoms. The number of aromatic nitrogens is 3. The van der Waals surface area contributed by atoms with Crippen molar-refractivity contribution in [1.82, 2.24) is 20.3 Å². The quantitative estimate of drug-likeness (QED) is 0.744. The van der Waals surface area contributed by atoms with E-state index in [1.165, 1.54) is 0 Å². The van der Waals surface area contributed by atoms with E-state index in [-0.39, 0.29) is 11.8 Å². The Morgan fingerprint density at radius 3 is 2.93 bits per heavy atom. The zero-order chi connectivity index (χ0) is 10.1. The molecule has 1 aliphatic heterocycles. The summed E-state index contributed by atoms with van der Waals surface area (Å²) in [6, 6.07) is 0.321. The number of nitrogens with zero attached hydrogens (tertiary/aromatic N) is 3. The Morgan fingerprint density at radius 2 is 2.43 bits per heavy atom. The third-order valence-corrected chi connectivity index (χ3v) is 2.45. The van der Waals surface area contributed by atoms with Gasteiger partial charge >= 0.3 is 0 Å². The lowest BCUT2D eigenvalue weighted by molar-refractivity contribution is -0.119. The molecule has 5 heteroatoms. The predicted molar refractivity (Wildman–Crippen MR) is 50.8 cm³/mol. The Balaban J connectivity index is 2.13. The van der Waals surface area contributed by atoms with E-state index < -0.39 is 0 Å². The second kappa shape index (κ2) is 3.40. The fraction of sp³-hybridized carbons (Fsp3) is 0.667. The van der Waals surface area contributed by atoms with Gasteiger partial charge in [-0.3, -0.25) is 4.79 Å². The molecule has 1 aromatic heterocycles. The molecule has 5 nitrogen and oxygen atoms in total. The van der Waals surface area contributed by atoms with Crippen molar-refractivity contribution >= 4 is 5.91 Å². The Hall–Kier alpha value is -1.39. The molecule has 1 unspecified atom stereocenters. The van der Waals surface area contributed by atoms with Gasteiger partial charge in [-0.05, 0) is 13.8 Å². The molecule has 0 spiro atoms. The van der Waals surface area contributed by atoms with Crippen molar-refractivity contribution in [1.29, 1.82) is 0 Å². The second-order valence-electron chi connectivity index (χ2n) is 3.92. The maximum atomic E-state index is 11.0. The number of nitrogens with one attached hydrogen (secondary N) is 1. The van der Waals surface area contributed by atoms with E-state index >= 15 is 0 Å². The average molecular weight is 194 g/mol. The normalized spacial score (nSPS) is 21.6. The molecular weight excluding hydrogens is 180 g/mol. The average Bonchev–Trinajstić information content (AvgIpc) is 2.70. The van der Waals surface area contributed by atoms with Crippen LogP contribution in [0.3, 0.4) is 0 Å². The van der Waals surface area contributed by atoms with Crippen LogP contribution in [-0.2, 0) is 4.79 Å². The monoisotopic (exact) mass is 194 g/mol. The Bertz CT molecular complexity index is 344. The molecule has 1 fully saturated rings. The lowest BCUT2D eigenvalue weighted by atomic mass is 10.1. The highest BCUT2D eigenvalue weighted by atomic mass is 16.1. The lowest BCUT2D eigenvalue weighted by Gasteiger charge is -2.02. The summed E-state index contributed by atoms with van der Waals surface area (Å²) in [6.07, 6.45) is 2.46. The summed E-state index contributed by atoms with van der Waals surface area (Å²) < 4.78 is 1.82. The van der Waals surface area contributed by atoms with Crippen LogP contribution in [0.1, 0.15) is 37.9 Å². The molecule has 1 aliphatic rings. The maximum Gasteiger partial charge on any atom is 0.220 e. The third-order valence-electron chi connectivity index (χ3n) is 2.45. The van der Waals surface area contributed by atoms with Gasteiger partial charge < -0.3 is 5.32 Å². The van der Waals surface area contributed by atoms with Crippen molar-refractivity contribution in [3.63, 3.8) is 0 Å². The Labute approximate surface area is 82.5 Å². The topological polar surface area (TPSA) is 59.8 Å². The molecule has 1 amide bonds. The molecule has 2 rings (SSSR count). The molecule has 0 aliphatic carbocycles. The molecule has 1 saturated heterocycles. The van der Waals surface area contributed by atoms with Crippen LogP contribution in [0, 0.1) is 0 Å². The molecule has 0 saturated carbocycles. The first-order valence-corrected chi connectivity index (χ1v) is 4.85. The van der Waals surface area contributed by atoms with Crippen molar-refractivity contribution in [2.24, 2.45) is 0 Å². The van der Waals surface area contributed by atoms with Gasteiger partial charge in [-0.2, -0.15) is 0 Å². The zero-order valence-electron chi connectivity index (χ0n) is 8.40. The number of hydrogen-bond donors (Lipinski definition) is 1. The fourth-order valence-corrected chi connectivity index (χ4v) is 1.54. The number of carbonyl (C=O) groups is 1.